The fourth-order valence-electron chi connectivity index (χ4n) is 1.51. The minimum absolute atomic E-state index is 0.0250. The van der Waals surface area contributed by atoms with Crippen LogP contribution < -0.4 is 10.4 Å². The average Bonchev–Trinajstić information content (AvgIpc) is 2.28. The molecule has 0 radical (unpaired) electrons. The minimum Gasteiger partial charge on any atom is -0.497 e. The number of aromatic nitrogens is 1. The van der Waals surface area contributed by atoms with Gasteiger partial charge in [-0.3, -0.25) is 4.79 Å². The molecule has 88 valence electrons. The van der Waals surface area contributed by atoms with Gasteiger partial charge in [0.25, 0.3) is 0 Å². The van der Waals surface area contributed by atoms with Crippen molar-refractivity contribution in [3.63, 3.8) is 0 Å². The molecule has 1 aromatic carbocycles. The number of carbonyl (C=O) groups excluding carboxylic acids is 1. The van der Waals surface area contributed by atoms with Gasteiger partial charge in [-0.15, -0.1) is 0 Å². The van der Waals surface area contributed by atoms with Crippen LogP contribution in [0.2, 0.25) is 0 Å². The highest BCUT2D eigenvalue weighted by atomic mass is 16.5. The summed E-state index contributed by atoms with van der Waals surface area (Å²) >= 11 is 0. The molecule has 0 fully saturated rings. The number of ketones is 1. The van der Waals surface area contributed by atoms with E-state index in [0.717, 1.165) is 0 Å². The van der Waals surface area contributed by atoms with Crippen molar-refractivity contribution < 1.29 is 13.9 Å². The molecule has 2 rings (SSSR count). The molecule has 0 aliphatic carbocycles. The summed E-state index contributed by atoms with van der Waals surface area (Å²) in [6.45, 7) is 1.42. The SMILES string of the molecule is COc1ccc2nc(CC(C)=O)oc(=O)c2c1. The third-order valence-electron chi connectivity index (χ3n) is 2.28. The lowest BCUT2D eigenvalue weighted by atomic mass is 10.2. The second-order valence-electron chi connectivity index (χ2n) is 3.66. The molecule has 1 aromatic heterocycles. The lowest BCUT2D eigenvalue weighted by Gasteiger charge is -2.02. The number of hydrogen-bond donors (Lipinski definition) is 0. The van der Waals surface area contributed by atoms with Crippen LogP contribution in [0.1, 0.15) is 12.8 Å². The van der Waals surface area contributed by atoms with Crippen LogP contribution in [-0.2, 0) is 11.2 Å². The van der Waals surface area contributed by atoms with Crippen LogP contribution in [0.25, 0.3) is 10.9 Å². The molecule has 5 nitrogen and oxygen atoms in total. The molecule has 0 saturated heterocycles. The van der Waals surface area contributed by atoms with E-state index in [-0.39, 0.29) is 18.1 Å². The zero-order valence-electron chi connectivity index (χ0n) is 9.52. The van der Waals surface area contributed by atoms with Crippen molar-refractivity contribution >= 4 is 16.7 Å². The Labute approximate surface area is 97.0 Å². The summed E-state index contributed by atoms with van der Waals surface area (Å²) in [4.78, 5) is 26.7. The highest BCUT2D eigenvalue weighted by Gasteiger charge is 2.08. The van der Waals surface area contributed by atoms with E-state index in [2.05, 4.69) is 4.98 Å². The van der Waals surface area contributed by atoms with Crippen LogP contribution in [0.5, 0.6) is 5.75 Å². The van der Waals surface area contributed by atoms with Gasteiger partial charge in [0.15, 0.2) is 0 Å². The number of nitrogens with zero attached hydrogens (tertiary/aromatic N) is 1. The van der Waals surface area contributed by atoms with Gasteiger partial charge in [0.05, 0.1) is 24.4 Å². The predicted octanol–water partition coefficient (Wildman–Crippen LogP) is 1.33. The van der Waals surface area contributed by atoms with Crippen LogP contribution in [0.15, 0.2) is 27.4 Å². The zero-order valence-corrected chi connectivity index (χ0v) is 9.52. The van der Waals surface area contributed by atoms with Gasteiger partial charge in [-0.25, -0.2) is 9.78 Å². The van der Waals surface area contributed by atoms with Gasteiger partial charge in [-0.2, -0.15) is 0 Å². The van der Waals surface area contributed by atoms with E-state index >= 15 is 0 Å². The molecule has 0 amide bonds. The number of hydrogen-bond acceptors (Lipinski definition) is 5. The van der Waals surface area contributed by atoms with E-state index < -0.39 is 5.63 Å². The molecular formula is C12H11NO4. The van der Waals surface area contributed by atoms with Crippen molar-refractivity contribution in [3.8, 4) is 5.75 Å². The summed E-state index contributed by atoms with van der Waals surface area (Å²) in [6.07, 6.45) is 0.0250. The summed E-state index contributed by atoms with van der Waals surface area (Å²) in [7, 11) is 1.51. The van der Waals surface area contributed by atoms with Gasteiger partial charge < -0.3 is 9.15 Å². The van der Waals surface area contributed by atoms with Crippen molar-refractivity contribution in [2.24, 2.45) is 0 Å². The Morgan fingerprint density at radius 1 is 1.47 bits per heavy atom. The van der Waals surface area contributed by atoms with Gasteiger partial charge in [-0.1, -0.05) is 0 Å². The number of fused-ring (bicyclic) bond motifs is 1. The molecule has 1 heterocycles. The third kappa shape index (κ3) is 2.33. The number of methoxy groups -OCH3 is 1. The fraction of sp³-hybridized carbons (Fsp3) is 0.250. The number of Topliss-reactive ketones (excluding diaryl/α,β-unsaturated/α-hetero) is 1. The molecule has 0 aliphatic rings. The summed E-state index contributed by atoms with van der Waals surface area (Å²) in [5.74, 6) is 0.597. The van der Waals surface area contributed by atoms with Crippen molar-refractivity contribution in [1.29, 1.82) is 0 Å². The highest BCUT2D eigenvalue weighted by molar-refractivity contribution is 5.80. The van der Waals surface area contributed by atoms with Crippen molar-refractivity contribution in [3.05, 3.63) is 34.5 Å². The Hall–Kier alpha value is -2.17. The molecule has 17 heavy (non-hydrogen) atoms. The minimum atomic E-state index is -0.509. The Balaban J connectivity index is 2.59. The molecular weight excluding hydrogens is 222 g/mol. The second-order valence-corrected chi connectivity index (χ2v) is 3.66. The van der Waals surface area contributed by atoms with Gasteiger partial charge in [0.1, 0.15) is 11.5 Å². The monoisotopic (exact) mass is 233 g/mol. The summed E-state index contributed by atoms with van der Waals surface area (Å²) in [6, 6.07) is 4.92. The van der Waals surface area contributed by atoms with Crippen LogP contribution in [0.3, 0.4) is 0 Å². The van der Waals surface area contributed by atoms with Crippen LogP contribution >= 0.6 is 0 Å². The normalized spacial score (nSPS) is 10.5. The highest BCUT2D eigenvalue weighted by Crippen LogP contribution is 2.16. The molecule has 5 heteroatoms. The number of benzene rings is 1. The quantitative estimate of drug-likeness (QED) is 0.799. The maximum Gasteiger partial charge on any atom is 0.346 e. The number of ether oxygens (including phenoxy) is 1. The maximum absolute atomic E-state index is 11.7. The molecule has 0 saturated carbocycles. The van der Waals surface area contributed by atoms with Gasteiger partial charge in [0, 0.05) is 0 Å². The molecule has 0 atom stereocenters. The van der Waals surface area contributed by atoms with E-state index in [1.165, 1.54) is 14.0 Å². The molecule has 0 N–H and O–H groups in total. The third-order valence-corrected chi connectivity index (χ3v) is 2.28. The van der Waals surface area contributed by atoms with Crippen LogP contribution in [0.4, 0.5) is 0 Å². The Morgan fingerprint density at radius 3 is 2.88 bits per heavy atom. The molecule has 0 unspecified atom stereocenters. The van der Waals surface area contributed by atoms with E-state index in [4.69, 9.17) is 9.15 Å². The van der Waals surface area contributed by atoms with Crippen molar-refractivity contribution in [2.75, 3.05) is 7.11 Å². The second kappa shape index (κ2) is 4.37. The van der Waals surface area contributed by atoms with E-state index in [1.807, 2.05) is 0 Å². The standard InChI is InChI=1S/C12H11NO4/c1-7(14)5-11-13-10-4-3-8(16-2)6-9(10)12(15)17-11/h3-4,6H,5H2,1-2H3. The van der Waals surface area contributed by atoms with Gasteiger partial charge in [0.2, 0.25) is 5.89 Å². The first-order valence-electron chi connectivity index (χ1n) is 5.07. The largest absolute Gasteiger partial charge is 0.497 e. The van der Waals surface area contributed by atoms with E-state index in [1.54, 1.807) is 18.2 Å². The molecule has 0 spiro atoms. The fourth-order valence-corrected chi connectivity index (χ4v) is 1.51. The smallest absolute Gasteiger partial charge is 0.346 e. The van der Waals surface area contributed by atoms with E-state index in [0.29, 0.717) is 16.7 Å². The van der Waals surface area contributed by atoms with Crippen molar-refractivity contribution in [2.45, 2.75) is 13.3 Å². The average molecular weight is 233 g/mol. The lowest BCUT2D eigenvalue weighted by Crippen LogP contribution is -2.08. The summed E-state index contributed by atoms with van der Waals surface area (Å²) in [5.41, 5.74) is -0.0107. The van der Waals surface area contributed by atoms with Gasteiger partial charge >= 0.3 is 5.63 Å². The van der Waals surface area contributed by atoms with Crippen LogP contribution in [0, 0.1) is 0 Å². The topological polar surface area (TPSA) is 69.4 Å². The van der Waals surface area contributed by atoms with E-state index in [9.17, 15) is 9.59 Å². The Bertz CT molecular complexity index is 630. The van der Waals surface area contributed by atoms with Crippen LogP contribution in [-0.4, -0.2) is 17.9 Å². The lowest BCUT2D eigenvalue weighted by molar-refractivity contribution is -0.116. The predicted molar refractivity (Wildman–Crippen MR) is 61.2 cm³/mol. The first-order valence-corrected chi connectivity index (χ1v) is 5.07. The Kier molecular flexibility index (Phi) is 2.91. The first kappa shape index (κ1) is 11.3. The first-order chi connectivity index (χ1) is 8.10. The Morgan fingerprint density at radius 2 is 2.24 bits per heavy atom. The number of carbonyl (C=O) groups is 1. The molecule has 0 aliphatic heterocycles. The molecule has 0 bridgehead atoms. The van der Waals surface area contributed by atoms with Gasteiger partial charge in [-0.05, 0) is 25.1 Å². The summed E-state index contributed by atoms with van der Waals surface area (Å²) in [5, 5.41) is 0.344. The molecule has 2 aromatic rings. The zero-order chi connectivity index (χ0) is 12.4. The maximum atomic E-state index is 11.7. The number of rotatable bonds is 3. The summed E-state index contributed by atoms with van der Waals surface area (Å²) < 4.78 is 9.97. The van der Waals surface area contributed by atoms with Crippen molar-refractivity contribution in [1.82, 2.24) is 4.98 Å².